The van der Waals surface area contributed by atoms with Gasteiger partial charge in [-0.2, -0.15) is 4.98 Å². The second kappa shape index (κ2) is 9.33. The van der Waals surface area contributed by atoms with E-state index >= 15 is 0 Å². The maximum absolute atomic E-state index is 13.9. The lowest BCUT2D eigenvalue weighted by Crippen LogP contribution is -2.40. The van der Waals surface area contributed by atoms with Crippen LogP contribution < -0.4 is 0 Å². The van der Waals surface area contributed by atoms with Crippen molar-refractivity contribution in [1.29, 1.82) is 0 Å². The smallest absolute Gasteiger partial charge is 0.227 e. The molecule has 0 spiro atoms. The summed E-state index contributed by atoms with van der Waals surface area (Å²) in [5, 5.41) is 3.85. The number of aryl methyl sites for hydroxylation is 1. The summed E-state index contributed by atoms with van der Waals surface area (Å²) in [6, 6.07) is 8.50. The zero-order valence-corrected chi connectivity index (χ0v) is 17.1. The number of carbonyl (C=O) groups excluding carboxylic acids is 2. The van der Waals surface area contributed by atoms with E-state index in [1.54, 1.807) is 4.90 Å². The molecule has 1 fully saturated rings. The Labute approximate surface area is 182 Å². The van der Waals surface area contributed by atoms with Gasteiger partial charge in [-0.05, 0) is 55.3 Å². The molecule has 3 aromatic rings. The summed E-state index contributed by atoms with van der Waals surface area (Å²) in [7, 11) is 0. The molecule has 0 unspecified atom stereocenters. The molecule has 4 rings (SSSR count). The van der Waals surface area contributed by atoms with Crippen LogP contribution in [0.25, 0.3) is 11.4 Å². The number of aromatic nitrogens is 2. The fourth-order valence-electron chi connectivity index (χ4n) is 3.74. The monoisotopic (exact) mass is 443 g/mol. The number of nitrogens with zero attached hydrogens (tertiary/aromatic N) is 3. The average molecular weight is 443 g/mol. The standard InChI is InChI=1S/C23H20F3N3O3/c24-16-3-1-15(2-4-16)23-27-20(32-28-23)7-8-21(30)29-11-9-14(10-12-29)22(31)18-13-17(25)5-6-19(18)26/h1-6,13-14H,7-12H2. The highest BCUT2D eigenvalue weighted by molar-refractivity contribution is 5.98. The quantitative estimate of drug-likeness (QED) is 0.534. The Morgan fingerprint density at radius 2 is 1.69 bits per heavy atom. The summed E-state index contributed by atoms with van der Waals surface area (Å²) in [4.78, 5) is 30.9. The van der Waals surface area contributed by atoms with E-state index in [4.69, 9.17) is 4.52 Å². The first-order valence-electron chi connectivity index (χ1n) is 10.3. The van der Waals surface area contributed by atoms with E-state index in [1.807, 2.05) is 0 Å². The molecule has 2 heterocycles. The van der Waals surface area contributed by atoms with Crippen LogP contribution in [0.2, 0.25) is 0 Å². The van der Waals surface area contributed by atoms with Crippen molar-refractivity contribution in [2.24, 2.45) is 5.92 Å². The summed E-state index contributed by atoms with van der Waals surface area (Å²) in [6.45, 7) is 0.716. The molecule has 1 aliphatic heterocycles. The van der Waals surface area contributed by atoms with Gasteiger partial charge in [-0.25, -0.2) is 13.2 Å². The predicted molar refractivity (Wildman–Crippen MR) is 108 cm³/mol. The predicted octanol–water partition coefficient (Wildman–Crippen LogP) is 4.21. The van der Waals surface area contributed by atoms with E-state index in [-0.39, 0.29) is 30.1 Å². The summed E-state index contributed by atoms with van der Waals surface area (Å²) in [5.74, 6) is -2.16. The van der Waals surface area contributed by atoms with Crippen LogP contribution in [0.3, 0.4) is 0 Å². The first kappa shape index (κ1) is 21.7. The van der Waals surface area contributed by atoms with Gasteiger partial charge in [0.1, 0.15) is 17.5 Å². The largest absolute Gasteiger partial charge is 0.343 e. The van der Waals surface area contributed by atoms with Crippen molar-refractivity contribution < 1.29 is 27.3 Å². The van der Waals surface area contributed by atoms with Gasteiger partial charge in [-0.3, -0.25) is 9.59 Å². The molecule has 2 aromatic carbocycles. The number of carbonyl (C=O) groups is 2. The van der Waals surface area contributed by atoms with Gasteiger partial charge in [0, 0.05) is 37.4 Å². The summed E-state index contributed by atoms with van der Waals surface area (Å²) in [6.07, 6.45) is 1.17. The molecule has 1 saturated heterocycles. The lowest BCUT2D eigenvalue weighted by molar-refractivity contribution is -0.132. The van der Waals surface area contributed by atoms with Crippen LogP contribution in [-0.4, -0.2) is 39.8 Å². The zero-order chi connectivity index (χ0) is 22.7. The minimum absolute atomic E-state index is 0.116. The van der Waals surface area contributed by atoms with Gasteiger partial charge >= 0.3 is 0 Å². The summed E-state index contributed by atoms with van der Waals surface area (Å²) >= 11 is 0. The van der Waals surface area contributed by atoms with Crippen LogP contribution in [0, 0.1) is 23.4 Å². The van der Waals surface area contributed by atoms with Crippen LogP contribution in [0.5, 0.6) is 0 Å². The number of hydrogen-bond donors (Lipinski definition) is 0. The van der Waals surface area contributed by atoms with E-state index in [9.17, 15) is 22.8 Å². The van der Waals surface area contributed by atoms with Crippen molar-refractivity contribution >= 4 is 11.7 Å². The normalized spacial score (nSPS) is 14.5. The van der Waals surface area contributed by atoms with Gasteiger partial charge in [0.25, 0.3) is 0 Å². The van der Waals surface area contributed by atoms with Crippen LogP contribution in [0.15, 0.2) is 47.0 Å². The van der Waals surface area contributed by atoms with E-state index in [1.165, 1.54) is 24.3 Å². The molecular formula is C23H20F3N3O3. The van der Waals surface area contributed by atoms with Crippen molar-refractivity contribution in [2.75, 3.05) is 13.1 Å². The van der Waals surface area contributed by atoms with Crippen LogP contribution in [-0.2, 0) is 11.2 Å². The molecule has 9 heteroatoms. The van der Waals surface area contributed by atoms with Crippen LogP contribution >= 0.6 is 0 Å². The number of ketones is 1. The van der Waals surface area contributed by atoms with Gasteiger partial charge in [0.05, 0.1) is 5.56 Å². The van der Waals surface area contributed by atoms with E-state index in [2.05, 4.69) is 10.1 Å². The number of likely N-dealkylation sites (tertiary alicyclic amines) is 1. The minimum atomic E-state index is -0.741. The fourth-order valence-corrected chi connectivity index (χ4v) is 3.74. The molecule has 1 amide bonds. The number of benzene rings is 2. The molecule has 0 radical (unpaired) electrons. The second-order valence-electron chi connectivity index (χ2n) is 7.66. The Morgan fingerprint density at radius 3 is 2.41 bits per heavy atom. The first-order chi connectivity index (χ1) is 15.4. The molecule has 1 aromatic heterocycles. The highest BCUT2D eigenvalue weighted by Gasteiger charge is 2.29. The molecule has 0 bridgehead atoms. The first-order valence-corrected chi connectivity index (χ1v) is 10.3. The third-order valence-electron chi connectivity index (χ3n) is 5.54. The third kappa shape index (κ3) is 4.87. The highest BCUT2D eigenvalue weighted by Crippen LogP contribution is 2.24. The average Bonchev–Trinajstić information content (AvgIpc) is 3.28. The minimum Gasteiger partial charge on any atom is -0.343 e. The molecule has 32 heavy (non-hydrogen) atoms. The second-order valence-corrected chi connectivity index (χ2v) is 7.66. The number of amides is 1. The zero-order valence-electron chi connectivity index (χ0n) is 17.1. The van der Waals surface area contributed by atoms with Gasteiger partial charge in [0.15, 0.2) is 5.78 Å². The van der Waals surface area contributed by atoms with E-state index in [0.29, 0.717) is 43.2 Å². The molecule has 0 atom stereocenters. The topological polar surface area (TPSA) is 76.3 Å². The van der Waals surface area contributed by atoms with Gasteiger partial charge in [-0.1, -0.05) is 5.16 Å². The van der Waals surface area contributed by atoms with Crippen molar-refractivity contribution in [3.05, 3.63) is 71.4 Å². The Balaban J connectivity index is 1.28. The maximum Gasteiger partial charge on any atom is 0.227 e. The lowest BCUT2D eigenvalue weighted by Gasteiger charge is -2.31. The molecule has 6 nitrogen and oxygen atoms in total. The van der Waals surface area contributed by atoms with Gasteiger partial charge < -0.3 is 9.42 Å². The van der Waals surface area contributed by atoms with Crippen LogP contribution in [0.4, 0.5) is 13.2 Å². The van der Waals surface area contributed by atoms with Crippen molar-refractivity contribution in [3.8, 4) is 11.4 Å². The molecule has 0 saturated carbocycles. The van der Waals surface area contributed by atoms with Crippen molar-refractivity contribution in [3.63, 3.8) is 0 Å². The number of Topliss-reactive ketones (excluding diaryl/α,β-unsaturated/α-hetero) is 1. The van der Waals surface area contributed by atoms with E-state index < -0.39 is 23.3 Å². The molecule has 0 N–H and O–H groups in total. The summed E-state index contributed by atoms with van der Waals surface area (Å²) < 4.78 is 45.5. The number of halogens is 3. The van der Waals surface area contributed by atoms with Crippen molar-refractivity contribution in [1.82, 2.24) is 15.0 Å². The van der Waals surface area contributed by atoms with Crippen molar-refractivity contribution in [2.45, 2.75) is 25.7 Å². The molecule has 0 aliphatic carbocycles. The maximum atomic E-state index is 13.9. The Bertz CT molecular complexity index is 1120. The molecule has 166 valence electrons. The molecule has 1 aliphatic rings. The number of piperidine rings is 1. The third-order valence-corrected chi connectivity index (χ3v) is 5.54. The van der Waals surface area contributed by atoms with E-state index in [0.717, 1.165) is 18.2 Å². The van der Waals surface area contributed by atoms with Gasteiger partial charge in [0.2, 0.25) is 17.6 Å². The highest BCUT2D eigenvalue weighted by atomic mass is 19.1. The number of rotatable bonds is 6. The Kier molecular flexibility index (Phi) is 6.34. The van der Waals surface area contributed by atoms with Gasteiger partial charge in [-0.15, -0.1) is 0 Å². The molecular weight excluding hydrogens is 423 g/mol. The van der Waals surface area contributed by atoms with Crippen LogP contribution in [0.1, 0.15) is 35.5 Å². The Hall–Kier alpha value is -3.49. The fraction of sp³-hybridized carbons (Fsp3) is 0.304. The lowest BCUT2D eigenvalue weighted by atomic mass is 9.88. The Morgan fingerprint density at radius 1 is 1.00 bits per heavy atom. The summed E-state index contributed by atoms with van der Waals surface area (Å²) in [5.41, 5.74) is 0.359. The SMILES string of the molecule is O=C(c1cc(F)ccc1F)C1CCN(C(=O)CCc2nc(-c3ccc(F)cc3)no2)CC1. The number of hydrogen-bond acceptors (Lipinski definition) is 5.